The van der Waals surface area contributed by atoms with Crippen molar-refractivity contribution in [3.05, 3.63) is 35.4 Å². The molecule has 1 atom stereocenters. The molecule has 0 spiro atoms. The van der Waals surface area contributed by atoms with Crippen molar-refractivity contribution in [2.24, 2.45) is 5.92 Å². The van der Waals surface area contributed by atoms with E-state index in [-0.39, 0.29) is 0 Å². The summed E-state index contributed by atoms with van der Waals surface area (Å²) in [6.07, 6.45) is 3.21. The molecule has 3 nitrogen and oxygen atoms in total. The molecule has 0 bridgehead atoms. The van der Waals surface area contributed by atoms with Gasteiger partial charge in [-0.15, -0.1) is 0 Å². The molecule has 2 fully saturated rings. The number of likely N-dealkylation sites (tertiary alicyclic amines) is 2. The van der Waals surface area contributed by atoms with Gasteiger partial charge in [-0.3, -0.25) is 9.69 Å². The van der Waals surface area contributed by atoms with E-state index in [0.717, 1.165) is 32.2 Å². The number of rotatable bonds is 3. The Morgan fingerprint density at radius 1 is 1.19 bits per heavy atom. The highest BCUT2D eigenvalue weighted by Gasteiger charge is 2.32. The minimum absolute atomic E-state index is 0.321. The second-order valence-corrected chi connectivity index (χ2v) is 6.82. The summed E-state index contributed by atoms with van der Waals surface area (Å²) in [7, 11) is 0. The van der Waals surface area contributed by atoms with Crippen LogP contribution in [0.5, 0.6) is 0 Å². The van der Waals surface area contributed by atoms with E-state index in [0.29, 0.717) is 18.2 Å². The van der Waals surface area contributed by atoms with Gasteiger partial charge in [0.2, 0.25) is 5.91 Å². The van der Waals surface area contributed by atoms with Crippen molar-refractivity contribution >= 4 is 5.91 Å². The zero-order valence-electron chi connectivity index (χ0n) is 13.2. The summed E-state index contributed by atoms with van der Waals surface area (Å²) in [5, 5.41) is 0. The van der Waals surface area contributed by atoms with E-state index in [2.05, 4.69) is 47.9 Å². The van der Waals surface area contributed by atoms with Crippen molar-refractivity contribution in [1.29, 1.82) is 0 Å². The number of carbonyl (C=O) groups excluding carboxylic acids is 1. The molecule has 0 saturated carbocycles. The van der Waals surface area contributed by atoms with Crippen LogP contribution in [0.2, 0.25) is 0 Å². The number of nitrogens with zero attached hydrogens (tertiary/aromatic N) is 2. The molecular formula is C18H26N2O. The molecule has 2 aliphatic heterocycles. The smallest absolute Gasteiger partial charge is 0.224 e. The first kappa shape index (κ1) is 14.6. The minimum atomic E-state index is 0.321. The fourth-order valence-electron chi connectivity index (χ4n) is 3.61. The summed E-state index contributed by atoms with van der Waals surface area (Å²) in [6.45, 7) is 8.46. The molecule has 1 unspecified atom stereocenters. The number of benzene rings is 1. The average molecular weight is 286 g/mol. The molecule has 1 amide bonds. The molecule has 0 aromatic heterocycles. The van der Waals surface area contributed by atoms with Crippen molar-refractivity contribution in [2.75, 3.05) is 26.3 Å². The number of amides is 1. The standard InChI is InChI=1S/C18H26N2O/c1-14-7-9-19(10-8-14)13-20-12-16(11-18(20)21)17-6-4-3-5-15(17)2/h3-6,14,16H,7-13H2,1-2H3. The van der Waals surface area contributed by atoms with E-state index in [1.807, 2.05) is 0 Å². The first-order valence-electron chi connectivity index (χ1n) is 8.19. The van der Waals surface area contributed by atoms with Crippen LogP contribution in [-0.2, 0) is 4.79 Å². The molecule has 21 heavy (non-hydrogen) atoms. The summed E-state index contributed by atoms with van der Waals surface area (Å²) in [5.74, 6) is 1.54. The third kappa shape index (κ3) is 3.29. The van der Waals surface area contributed by atoms with Crippen LogP contribution in [0.1, 0.15) is 43.2 Å². The summed E-state index contributed by atoms with van der Waals surface area (Å²) in [4.78, 5) is 16.8. The maximum atomic E-state index is 12.3. The van der Waals surface area contributed by atoms with Crippen LogP contribution < -0.4 is 0 Å². The molecule has 1 aromatic carbocycles. The second-order valence-electron chi connectivity index (χ2n) is 6.82. The van der Waals surface area contributed by atoms with E-state index in [1.165, 1.54) is 24.0 Å². The zero-order chi connectivity index (χ0) is 14.8. The molecule has 0 radical (unpaired) electrons. The van der Waals surface area contributed by atoms with E-state index in [9.17, 15) is 4.79 Å². The number of hydrogen-bond acceptors (Lipinski definition) is 2. The van der Waals surface area contributed by atoms with Crippen molar-refractivity contribution in [2.45, 2.75) is 39.0 Å². The van der Waals surface area contributed by atoms with Crippen LogP contribution in [0.15, 0.2) is 24.3 Å². The fraction of sp³-hybridized carbons (Fsp3) is 0.611. The van der Waals surface area contributed by atoms with Crippen molar-refractivity contribution < 1.29 is 4.79 Å². The lowest BCUT2D eigenvalue weighted by Gasteiger charge is -2.33. The van der Waals surface area contributed by atoms with Gasteiger partial charge in [0, 0.05) is 32.0 Å². The molecule has 1 aromatic rings. The lowest BCUT2D eigenvalue weighted by molar-refractivity contribution is -0.129. The molecule has 2 aliphatic rings. The Morgan fingerprint density at radius 2 is 1.90 bits per heavy atom. The van der Waals surface area contributed by atoms with Gasteiger partial charge in [0.05, 0.1) is 6.67 Å². The van der Waals surface area contributed by atoms with Crippen molar-refractivity contribution in [1.82, 2.24) is 9.80 Å². The number of aryl methyl sites for hydroxylation is 1. The molecule has 114 valence electrons. The van der Waals surface area contributed by atoms with Crippen LogP contribution >= 0.6 is 0 Å². The predicted octanol–water partition coefficient (Wildman–Crippen LogP) is 3.00. The van der Waals surface area contributed by atoms with Crippen molar-refractivity contribution in [3.63, 3.8) is 0 Å². The molecule has 3 rings (SSSR count). The van der Waals surface area contributed by atoms with E-state index < -0.39 is 0 Å². The van der Waals surface area contributed by atoms with Gasteiger partial charge >= 0.3 is 0 Å². The largest absolute Gasteiger partial charge is 0.329 e. The molecule has 2 saturated heterocycles. The Kier molecular flexibility index (Phi) is 4.29. The first-order chi connectivity index (χ1) is 10.1. The van der Waals surface area contributed by atoms with Crippen LogP contribution in [0, 0.1) is 12.8 Å². The van der Waals surface area contributed by atoms with Gasteiger partial charge in [0.1, 0.15) is 0 Å². The van der Waals surface area contributed by atoms with Gasteiger partial charge < -0.3 is 4.90 Å². The highest BCUT2D eigenvalue weighted by Crippen LogP contribution is 2.30. The quantitative estimate of drug-likeness (QED) is 0.853. The Labute approximate surface area is 127 Å². The number of carbonyl (C=O) groups is 1. The van der Waals surface area contributed by atoms with E-state index in [1.54, 1.807) is 0 Å². The summed E-state index contributed by atoms with van der Waals surface area (Å²) >= 11 is 0. The second kappa shape index (κ2) is 6.18. The lowest BCUT2D eigenvalue weighted by Crippen LogP contribution is -2.42. The normalized spacial score (nSPS) is 24.8. The Bertz CT molecular complexity index is 506. The topological polar surface area (TPSA) is 23.6 Å². The maximum absolute atomic E-state index is 12.3. The van der Waals surface area contributed by atoms with Gasteiger partial charge in [-0.25, -0.2) is 0 Å². The molecule has 2 heterocycles. The van der Waals surface area contributed by atoms with Crippen molar-refractivity contribution in [3.8, 4) is 0 Å². The Morgan fingerprint density at radius 3 is 2.62 bits per heavy atom. The van der Waals surface area contributed by atoms with Crippen LogP contribution in [-0.4, -0.2) is 42.0 Å². The monoisotopic (exact) mass is 286 g/mol. The molecule has 0 N–H and O–H groups in total. The number of piperidine rings is 1. The van der Waals surface area contributed by atoms with Crippen LogP contribution in [0.4, 0.5) is 0 Å². The highest BCUT2D eigenvalue weighted by atomic mass is 16.2. The lowest BCUT2D eigenvalue weighted by atomic mass is 9.94. The van der Waals surface area contributed by atoms with E-state index >= 15 is 0 Å². The fourth-order valence-corrected chi connectivity index (χ4v) is 3.61. The Balaban J connectivity index is 1.61. The summed E-state index contributed by atoms with van der Waals surface area (Å²) < 4.78 is 0. The highest BCUT2D eigenvalue weighted by molar-refractivity contribution is 5.79. The first-order valence-corrected chi connectivity index (χ1v) is 8.19. The number of hydrogen-bond donors (Lipinski definition) is 0. The van der Waals surface area contributed by atoms with Gasteiger partial charge in [-0.1, -0.05) is 31.2 Å². The predicted molar refractivity (Wildman–Crippen MR) is 85.1 cm³/mol. The molecular weight excluding hydrogens is 260 g/mol. The summed E-state index contributed by atoms with van der Waals surface area (Å²) in [5.41, 5.74) is 2.66. The maximum Gasteiger partial charge on any atom is 0.224 e. The molecule has 3 heteroatoms. The van der Waals surface area contributed by atoms with E-state index in [4.69, 9.17) is 0 Å². The van der Waals surface area contributed by atoms with Gasteiger partial charge in [0.15, 0.2) is 0 Å². The van der Waals surface area contributed by atoms with Crippen LogP contribution in [0.3, 0.4) is 0 Å². The van der Waals surface area contributed by atoms with Gasteiger partial charge in [-0.05, 0) is 36.8 Å². The molecule has 0 aliphatic carbocycles. The van der Waals surface area contributed by atoms with Gasteiger partial charge in [0.25, 0.3) is 0 Å². The van der Waals surface area contributed by atoms with Crippen LogP contribution in [0.25, 0.3) is 0 Å². The average Bonchev–Trinajstić information content (AvgIpc) is 2.83. The zero-order valence-corrected chi connectivity index (χ0v) is 13.2. The Hall–Kier alpha value is -1.35. The third-order valence-electron chi connectivity index (χ3n) is 5.09. The minimum Gasteiger partial charge on any atom is -0.329 e. The SMILES string of the molecule is Cc1ccccc1C1CC(=O)N(CN2CCC(C)CC2)C1. The van der Waals surface area contributed by atoms with Gasteiger partial charge in [-0.2, -0.15) is 0 Å². The third-order valence-corrected chi connectivity index (χ3v) is 5.09. The summed E-state index contributed by atoms with van der Waals surface area (Å²) in [6, 6.07) is 8.48.